The number of hydrogen-bond donors (Lipinski definition) is 0. The highest BCUT2D eigenvalue weighted by Gasteiger charge is 1.99. The van der Waals surface area contributed by atoms with Crippen molar-refractivity contribution in [1.82, 2.24) is 0 Å². The maximum Gasteiger partial charge on any atom is 0.0888 e. The van der Waals surface area contributed by atoms with Crippen molar-refractivity contribution in [3.8, 4) is 0 Å². The van der Waals surface area contributed by atoms with Crippen LogP contribution in [0.15, 0.2) is 30.3 Å². The highest BCUT2D eigenvalue weighted by molar-refractivity contribution is 8.89. The van der Waals surface area contributed by atoms with E-state index in [4.69, 9.17) is 12.2 Å². The molecule has 0 spiro atoms. The molecule has 0 saturated carbocycles. The van der Waals surface area contributed by atoms with Crippen molar-refractivity contribution in [2.24, 2.45) is 0 Å². The number of rotatable bonds is 3. The summed E-state index contributed by atoms with van der Waals surface area (Å²) in [6.45, 7) is 0. The van der Waals surface area contributed by atoms with Crippen LogP contribution in [0.1, 0.15) is 5.56 Å². The average molecular weight is 230 g/mol. The zero-order valence-corrected chi connectivity index (χ0v) is 9.36. The van der Waals surface area contributed by atoms with Crippen LogP contribution in [0.3, 0.4) is 0 Å². The van der Waals surface area contributed by atoms with Crippen molar-refractivity contribution < 1.29 is 0 Å². The van der Waals surface area contributed by atoms with Gasteiger partial charge in [-0.05, 0) is 27.2 Å². The predicted octanol–water partition coefficient (Wildman–Crippen LogP) is 3.70. The summed E-state index contributed by atoms with van der Waals surface area (Å²) in [5.41, 5.74) is 1.09. The third kappa shape index (κ3) is 3.23. The van der Waals surface area contributed by atoms with Gasteiger partial charge in [0.2, 0.25) is 0 Å². The highest BCUT2D eigenvalue weighted by Crippen LogP contribution is 2.24. The Bertz CT molecular complexity index is 268. The molecule has 0 atom stereocenters. The van der Waals surface area contributed by atoms with E-state index < -0.39 is 0 Å². The summed E-state index contributed by atoms with van der Waals surface area (Å²) in [7, 11) is 2.99. The average Bonchev–Trinajstić information content (AvgIpc) is 2.15. The molecule has 0 saturated heterocycles. The lowest BCUT2D eigenvalue weighted by molar-refractivity contribution is 1.69. The Morgan fingerprint density at radius 1 is 1.25 bits per heavy atom. The lowest BCUT2D eigenvalue weighted by atomic mass is 10.2. The minimum absolute atomic E-state index is 0.877. The Kier molecular flexibility index (Phi) is 4.83. The summed E-state index contributed by atoms with van der Waals surface area (Å²) in [4.78, 5) is 0. The molecule has 0 aliphatic carbocycles. The topological polar surface area (TPSA) is 0 Å². The summed E-state index contributed by atoms with van der Waals surface area (Å²) >= 11 is 9.84. The van der Waals surface area contributed by atoms with Gasteiger partial charge in [0.25, 0.3) is 0 Å². The molecule has 0 heterocycles. The zero-order valence-electron chi connectivity index (χ0n) is 6.10. The molecule has 0 N–H and O–H groups in total. The van der Waals surface area contributed by atoms with Gasteiger partial charge >= 0.3 is 0 Å². The normalized spacial score (nSPS) is 9.33. The number of benzene rings is 1. The molecule has 0 amide bonds. The van der Waals surface area contributed by atoms with Gasteiger partial charge in [-0.1, -0.05) is 54.8 Å². The summed E-state index contributed by atoms with van der Waals surface area (Å²) in [5, 5.41) is 0. The van der Waals surface area contributed by atoms with E-state index in [0.29, 0.717) is 0 Å². The predicted molar refractivity (Wildman–Crippen MR) is 67.0 cm³/mol. The van der Waals surface area contributed by atoms with E-state index in [9.17, 15) is 0 Å². The first-order chi connectivity index (χ1) is 5.84. The summed E-state index contributed by atoms with van der Waals surface area (Å²) in [5.74, 6) is 0. The Morgan fingerprint density at radius 3 is 2.50 bits per heavy atom. The fourth-order valence-electron chi connectivity index (χ4n) is 0.686. The lowest BCUT2D eigenvalue weighted by Gasteiger charge is -1.98. The van der Waals surface area contributed by atoms with Gasteiger partial charge in [0.1, 0.15) is 0 Å². The number of hydrogen-bond acceptors (Lipinski definition) is 4. The van der Waals surface area contributed by atoms with Crippen LogP contribution in [0.4, 0.5) is 0 Å². The molecule has 1 aromatic carbocycles. The first-order valence-corrected chi connectivity index (χ1v) is 6.30. The lowest BCUT2D eigenvalue weighted by Crippen LogP contribution is -1.87. The highest BCUT2D eigenvalue weighted by atomic mass is 33.1. The van der Waals surface area contributed by atoms with Crippen LogP contribution in [0.5, 0.6) is 0 Å². The second kappa shape index (κ2) is 5.70. The molecule has 0 bridgehead atoms. The van der Waals surface area contributed by atoms with Gasteiger partial charge in [0.05, 0.1) is 4.20 Å². The Labute approximate surface area is 90.5 Å². The largest absolute Gasteiger partial charge is 0.0888 e. The maximum absolute atomic E-state index is 5.16. The maximum atomic E-state index is 5.16. The number of thiocarbonyl (C=S) groups is 2. The van der Waals surface area contributed by atoms with Crippen LogP contribution in [0, 0.1) is 0 Å². The Hall–Kier alpha value is 0.1000. The molecule has 0 aliphatic rings. The molecule has 1 aromatic rings. The van der Waals surface area contributed by atoms with Crippen LogP contribution in [0.25, 0.3) is 0 Å². The van der Waals surface area contributed by atoms with Gasteiger partial charge < -0.3 is 0 Å². The van der Waals surface area contributed by atoms with Gasteiger partial charge in [0.15, 0.2) is 0 Å². The van der Waals surface area contributed by atoms with E-state index >= 15 is 0 Å². The van der Waals surface area contributed by atoms with Gasteiger partial charge in [-0.15, -0.1) is 0 Å². The Balaban J connectivity index is 2.59. The molecular formula is C8H6S4. The molecule has 4 heteroatoms. The van der Waals surface area contributed by atoms with E-state index in [0.717, 1.165) is 9.76 Å². The van der Waals surface area contributed by atoms with Crippen molar-refractivity contribution in [3.05, 3.63) is 35.9 Å². The first-order valence-electron chi connectivity index (χ1n) is 3.21. The van der Waals surface area contributed by atoms with Gasteiger partial charge in [-0.25, -0.2) is 0 Å². The second-order valence-electron chi connectivity index (χ2n) is 1.93. The molecule has 0 unspecified atom stereocenters. The van der Waals surface area contributed by atoms with E-state index in [-0.39, 0.29) is 0 Å². The van der Waals surface area contributed by atoms with Crippen molar-refractivity contribution in [2.45, 2.75) is 0 Å². The van der Waals surface area contributed by atoms with Crippen molar-refractivity contribution >= 4 is 54.9 Å². The van der Waals surface area contributed by atoms with Crippen molar-refractivity contribution in [2.75, 3.05) is 0 Å². The fraction of sp³-hybridized carbons (Fsp3) is 0. The molecule has 0 fully saturated rings. The van der Waals surface area contributed by atoms with Gasteiger partial charge in [0, 0.05) is 4.70 Å². The van der Waals surface area contributed by atoms with Crippen LogP contribution >= 0.6 is 46.0 Å². The fourth-order valence-corrected chi connectivity index (χ4v) is 2.56. The third-order valence-corrected chi connectivity index (χ3v) is 4.27. The van der Waals surface area contributed by atoms with Crippen LogP contribution in [0.2, 0.25) is 0 Å². The van der Waals surface area contributed by atoms with Crippen molar-refractivity contribution in [3.63, 3.8) is 0 Å². The third-order valence-electron chi connectivity index (χ3n) is 1.17. The standard InChI is InChI=1S/C8H6S4/c9-6-11-12-8(10)7-4-2-1-3-5-7/h1-6H. The molecule has 0 radical (unpaired) electrons. The molecule has 0 nitrogen and oxygen atoms in total. The van der Waals surface area contributed by atoms with Gasteiger partial charge in [-0.2, -0.15) is 0 Å². The minimum atomic E-state index is 0.877. The van der Waals surface area contributed by atoms with Crippen LogP contribution in [-0.4, -0.2) is 8.90 Å². The molecule has 12 heavy (non-hydrogen) atoms. The summed E-state index contributed by atoms with van der Waals surface area (Å²) in [6, 6.07) is 9.93. The summed E-state index contributed by atoms with van der Waals surface area (Å²) in [6.07, 6.45) is 0. The van der Waals surface area contributed by atoms with E-state index in [2.05, 4.69) is 12.2 Å². The van der Waals surface area contributed by atoms with Gasteiger partial charge in [-0.3, -0.25) is 0 Å². The SMILES string of the molecule is S=CSSC(=S)c1ccccc1. The second-order valence-corrected chi connectivity index (χ2v) is 5.21. The Morgan fingerprint density at radius 2 is 1.92 bits per heavy atom. The van der Waals surface area contributed by atoms with E-state index in [1.54, 1.807) is 4.70 Å². The van der Waals surface area contributed by atoms with E-state index in [1.165, 1.54) is 21.6 Å². The van der Waals surface area contributed by atoms with Crippen LogP contribution < -0.4 is 0 Å². The van der Waals surface area contributed by atoms with Crippen molar-refractivity contribution in [1.29, 1.82) is 0 Å². The molecule has 0 aromatic heterocycles. The zero-order chi connectivity index (χ0) is 8.81. The first kappa shape index (κ1) is 10.2. The molecular weight excluding hydrogens is 224 g/mol. The monoisotopic (exact) mass is 230 g/mol. The van der Waals surface area contributed by atoms with E-state index in [1.807, 2.05) is 30.3 Å². The summed E-state index contributed by atoms with van der Waals surface area (Å²) < 4.78 is 2.49. The van der Waals surface area contributed by atoms with Crippen LogP contribution in [-0.2, 0) is 0 Å². The molecule has 0 aliphatic heterocycles. The minimum Gasteiger partial charge on any atom is -0.0803 e. The smallest absolute Gasteiger partial charge is 0.0803 e. The molecule has 62 valence electrons. The molecule has 1 rings (SSSR count). The quantitative estimate of drug-likeness (QED) is 0.573.